The van der Waals surface area contributed by atoms with E-state index in [1.54, 1.807) is 0 Å². The van der Waals surface area contributed by atoms with Gasteiger partial charge in [-0.1, -0.05) is 12.1 Å². The van der Waals surface area contributed by atoms with Crippen molar-refractivity contribution < 1.29 is 26.7 Å². The lowest BCUT2D eigenvalue weighted by molar-refractivity contribution is -0.0958. The summed E-state index contributed by atoms with van der Waals surface area (Å²) in [5.74, 6) is -7.76. The maximum Gasteiger partial charge on any atom is 0.368 e. The van der Waals surface area contributed by atoms with Crippen LogP contribution in [0.25, 0.3) is 0 Å². The highest BCUT2D eigenvalue weighted by Crippen LogP contribution is 2.27. The van der Waals surface area contributed by atoms with Gasteiger partial charge in [0.15, 0.2) is 0 Å². The van der Waals surface area contributed by atoms with Crippen molar-refractivity contribution in [1.82, 2.24) is 0 Å². The number of hydrogen-bond donors (Lipinski definition) is 0. The molecule has 1 aromatic carbocycles. The zero-order chi connectivity index (χ0) is 12.5. The topological polar surface area (TPSA) is 17.1 Å². The fraction of sp³-hybridized carbons (Fsp3) is 0.300. The summed E-state index contributed by atoms with van der Waals surface area (Å²) >= 11 is 0. The predicted octanol–water partition coefficient (Wildman–Crippen LogP) is 3.22. The number of halogens is 5. The molecule has 16 heavy (non-hydrogen) atoms. The van der Waals surface area contributed by atoms with Crippen molar-refractivity contribution in [3.63, 3.8) is 0 Å². The lowest BCUT2D eigenvalue weighted by Crippen LogP contribution is -2.36. The van der Waals surface area contributed by atoms with E-state index in [9.17, 15) is 26.7 Å². The molecule has 0 heterocycles. The van der Waals surface area contributed by atoms with E-state index in [1.807, 2.05) is 0 Å². The molecule has 0 amide bonds. The van der Waals surface area contributed by atoms with Gasteiger partial charge in [-0.3, -0.25) is 4.79 Å². The van der Waals surface area contributed by atoms with Gasteiger partial charge in [0, 0.05) is 5.56 Å². The summed E-state index contributed by atoms with van der Waals surface area (Å²) < 4.78 is 61.9. The summed E-state index contributed by atoms with van der Waals surface area (Å²) in [5, 5.41) is 0. The van der Waals surface area contributed by atoms with Crippen molar-refractivity contribution in [3.05, 3.63) is 35.1 Å². The van der Waals surface area contributed by atoms with E-state index in [4.69, 9.17) is 0 Å². The monoisotopic (exact) mass is 238 g/mol. The second-order valence-electron chi connectivity index (χ2n) is 3.22. The minimum atomic E-state index is -4.79. The fourth-order valence-electron chi connectivity index (χ4n) is 1.03. The molecule has 6 heteroatoms. The highest BCUT2D eigenvalue weighted by molar-refractivity contribution is 6.01. The molecule has 0 saturated carbocycles. The third-order valence-electron chi connectivity index (χ3n) is 2.01. The molecule has 0 aliphatic carbocycles. The molecule has 0 radical (unpaired) electrons. The molecule has 1 nitrogen and oxygen atoms in total. The number of ketones is 1. The Morgan fingerprint density at radius 3 is 2.31 bits per heavy atom. The van der Waals surface area contributed by atoms with Gasteiger partial charge < -0.3 is 0 Å². The molecule has 0 aliphatic rings. The van der Waals surface area contributed by atoms with Crippen molar-refractivity contribution in [1.29, 1.82) is 0 Å². The molecule has 1 rings (SSSR count). The summed E-state index contributed by atoms with van der Waals surface area (Å²) in [4.78, 5) is 11.0. The first kappa shape index (κ1) is 12.6. The third kappa shape index (κ3) is 2.20. The van der Waals surface area contributed by atoms with Gasteiger partial charge in [0.1, 0.15) is 5.82 Å². The molecule has 0 unspecified atom stereocenters. The average Bonchev–Trinajstić information content (AvgIpc) is 2.20. The molecule has 0 N–H and O–H groups in total. The van der Waals surface area contributed by atoms with Crippen LogP contribution < -0.4 is 0 Å². The second-order valence-corrected chi connectivity index (χ2v) is 3.22. The number of Topliss-reactive ketones (excluding diaryl/α,β-unsaturated/α-hetero) is 1. The van der Waals surface area contributed by atoms with Crippen molar-refractivity contribution in [2.45, 2.75) is 19.3 Å². The molecule has 0 saturated heterocycles. The van der Waals surface area contributed by atoms with Gasteiger partial charge in [0.25, 0.3) is 0 Å². The van der Waals surface area contributed by atoms with Crippen molar-refractivity contribution in [2.75, 3.05) is 0 Å². The van der Waals surface area contributed by atoms with Crippen LogP contribution in [0.5, 0.6) is 0 Å². The molecular weight excluding hydrogens is 231 g/mol. The summed E-state index contributed by atoms with van der Waals surface area (Å²) in [6.45, 7) is 1.36. The Labute approximate surface area is 87.9 Å². The van der Waals surface area contributed by atoms with E-state index >= 15 is 0 Å². The standard InChI is InChI=1S/C10H7F5O/c1-5-2-3-6(4-7(5)11)8(16)10(14,15)9(12)13/h2-4,9H,1H3. The lowest BCUT2D eigenvalue weighted by atomic mass is 10.0. The van der Waals surface area contributed by atoms with E-state index in [2.05, 4.69) is 0 Å². The summed E-state index contributed by atoms with van der Waals surface area (Å²) in [7, 11) is 0. The molecule has 0 aromatic heterocycles. The molecular formula is C10H7F5O. The predicted molar refractivity (Wildman–Crippen MR) is 46.4 cm³/mol. The normalized spacial score (nSPS) is 11.9. The Bertz CT molecular complexity index is 414. The number of carbonyl (C=O) groups excluding carboxylic acids is 1. The van der Waals surface area contributed by atoms with E-state index in [0.717, 1.165) is 12.1 Å². The largest absolute Gasteiger partial charge is 0.368 e. The van der Waals surface area contributed by atoms with E-state index in [1.165, 1.54) is 6.92 Å². The van der Waals surface area contributed by atoms with Gasteiger partial charge in [0.05, 0.1) is 0 Å². The molecule has 0 spiro atoms. The van der Waals surface area contributed by atoms with Crippen LogP contribution in [-0.4, -0.2) is 18.1 Å². The van der Waals surface area contributed by atoms with Crippen LogP contribution in [0.2, 0.25) is 0 Å². The molecule has 0 fully saturated rings. The van der Waals surface area contributed by atoms with Gasteiger partial charge in [0.2, 0.25) is 5.78 Å². The lowest BCUT2D eigenvalue weighted by Gasteiger charge is -2.13. The Morgan fingerprint density at radius 2 is 1.88 bits per heavy atom. The zero-order valence-electron chi connectivity index (χ0n) is 8.11. The number of carbonyl (C=O) groups is 1. The first-order valence-electron chi connectivity index (χ1n) is 4.23. The Hall–Kier alpha value is -1.46. The Balaban J connectivity index is 3.11. The molecule has 88 valence electrons. The minimum Gasteiger partial charge on any atom is -0.287 e. The van der Waals surface area contributed by atoms with Crippen LogP contribution in [0.3, 0.4) is 0 Å². The number of benzene rings is 1. The van der Waals surface area contributed by atoms with E-state index in [0.29, 0.717) is 6.07 Å². The highest BCUT2D eigenvalue weighted by Gasteiger charge is 2.49. The SMILES string of the molecule is Cc1ccc(C(=O)C(F)(F)C(F)F)cc1F. The number of rotatable bonds is 3. The Morgan fingerprint density at radius 1 is 1.31 bits per heavy atom. The van der Waals surface area contributed by atoms with Gasteiger partial charge in [-0.25, -0.2) is 13.2 Å². The van der Waals surface area contributed by atoms with Gasteiger partial charge in [-0.05, 0) is 18.6 Å². The zero-order valence-corrected chi connectivity index (χ0v) is 8.11. The van der Waals surface area contributed by atoms with Crippen LogP contribution in [-0.2, 0) is 0 Å². The highest BCUT2D eigenvalue weighted by atomic mass is 19.3. The molecule has 0 atom stereocenters. The van der Waals surface area contributed by atoms with Gasteiger partial charge in [-0.15, -0.1) is 0 Å². The van der Waals surface area contributed by atoms with Crippen LogP contribution in [0.15, 0.2) is 18.2 Å². The summed E-state index contributed by atoms with van der Waals surface area (Å²) in [6, 6.07) is 2.48. The quantitative estimate of drug-likeness (QED) is 0.583. The van der Waals surface area contributed by atoms with Crippen LogP contribution in [0.4, 0.5) is 22.0 Å². The first-order valence-corrected chi connectivity index (χ1v) is 4.23. The third-order valence-corrected chi connectivity index (χ3v) is 2.01. The molecule has 0 bridgehead atoms. The van der Waals surface area contributed by atoms with Crippen LogP contribution >= 0.6 is 0 Å². The van der Waals surface area contributed by atoms with Crippen molar-refractivity contribution >= 4 is 5.78 Å². The second kappa shape index (κ2) is 4.19. The summed E-state index contributed by atoms with van der Waals surface area (Å²) in [6.07, 6.45) is -4.11. The molecule has 1 aromatic rings. The van der Waals surface area contributed by atoms with Crippen LogP contribution in [0.1, 0.15) is 15.9 Å². The fourth-order valence-corrected chi connectivity index (χ4v) is 1.03. The van der Waals surface area contributed by atoms with Crippen molar-refractivity contribution in [3.8, 4) is 0 Å². The smallest absolute Gasteiger partial charge is 0.287 e. The van der Waals surface area contributed by atoms with Crippen LogP contribution in [0, 0.1) is 12.7 Å². The van der Waals surface area contributed by atoms with E-state index < -0.39 is 29.5 Å². The van der Waals surface area contributed by atoms with Gasteiger partial charge >= 0.3 is 12.3 Å². The number of aryl methyl sites for hydroxylation is 1. The Kier molecular flexibility index (Phi) is 3.30. The average molecular weight is 238 g/mol. The van der Waals surface area contributed by atoms with E-state index in [-0.39, 0.29) is 5.56 Å². The maximum atomic E-state index is 12.9. The molecule has 0 aliphatic heterocycles. The minimum absolute atomic E-state index is 0.136. The number of hydrogen-bond acceptors (Lipinski definition) is 1. The van der Waals surface area contributed by atoms with Gasteiger partial charge in [-0.2, -0.15) is 8.78 Å². The summed E-state index contributed by atoms with van der Waals surface area (Å²) in [5.41, 5.74) is -0.634. The van der Waals surface area contributed by atoms with Crippen molar-refractivity contribution in [2.24, 2.45) is 0 Å². The first-order chi connectivity index (χ1) is 7.26. The number of alkyl halides is 4. The maximum absolute atomic E-state index is 12.9.